The molecule has 0 radical (unpaired) electrons. The van der Waals surface area contributed by atoms with E-state index >= 15 is 0 Å². The number of halogens is 2. The molecule has 3 rings (SSSR count). The Morgan fingerprint density at radius 1 is 1.21 bits per heavy atom. The standard InChI is InChI=1S/C20H18Cl2N4O3/c1-3-29-18-9-4-13(10-16(18)21)11-23-25-17-12-24-26(20(27)19(17)22)14-5-7-15(28-2)8-6-14/h4-12,25H,3H2,1-2H3/b23-11-. The SMILES string of the molecule is CCOc1ccc(/C=N\Nc2cnn(-c3ccc(OC)cc3)c(=O)c2Cl)cc1Cl. The Morgan fingerprint density at radius 2 is 1.97 bits per heavy atom. The van der Waals surface area contributed by atoms with Crippen molar-refractivity contribution in [3.8, 4) is 17.2 Å². The molecular formula is C20H18Cl2N4O3. The Balaban J connectivity index is 1.76. The van der Waals surface area contributed by atoms with Gasteiger partial charge in [-0.05, 0) is 55.0 Å². The van der Waals surface area contributed by atoms with Crippen LogP contribution in [0.3, 0.4) is 0 Å². The normalized spacial score (nSPS) is 10.9. The second-order valence-corrected chi connectivity index (χ2v) is 6.57. The first-order valence-corrected chi connectivity index (χ1v) is 9.42. The molecule has 7 nitrogen and oxygen atoms in total. The van der Waals surface area contributed by atoms with Gasteiger partial charge in [0.05, 0.1) is 36.8 Å². The zero-order valence-corrected chi connectivity index (χ0v) is 17.2. The van der Waals surface area contributed by atoms with E-state index in [4.69, 9.17) is 32.7 Å². The lowest BCUT2D eigenvalue weighted by atomic mass is 10.2. The molecule has 3 aromatic rings. The van der Waals surface area contributed by atoms with Gasteiger partial charge in [-0.15, -0.1) is 0 Å². The van der Waals surface area contributed by atoms with Crippen LogP contribution in [0.1, 0.15) is 12.5 Å². The summed E-state index contributed by atoms with van der Waals surface area (Å²) < 4.78 is 11.7. The van der Waals surface area contributed by atoms with E-state index in [0.717, 1.165) is 5.56 Å². The third kappa shape index (κ3) is 4.88. The van der Waals surface area contributed by atoms with Crippen molar-refractivity contribution in [1.29, 1.82) is 0 Å². The van der Waals surface area contributed by atoms with Crippen LogP contribution in [0.2, 0.25) is 10.0 Å². The van der Waals surface area contributed by atoms with Crippen molar-refractivity contribution in [2.45, 2.75) is 6.92 Å². The Labute approximate surface area is 177 Å². The molecule has 0 amide bonds. The van der Waals surface area contributed by atoms with Gasteiger partial charge in [0.2, 0.25) is 0 Å². The van der Waals surface area contributed by atoms with Gasteiger partial charge in [-0.1, -0.05) is 23.2 Å². The topological polar surface area (TPSA) is 77.7 Å². The van der Waals surface area contributed by atoms with E-state index in [1.807, 2.05) is 13.0 Å². The molecule has 29 heavy (non-hydrogen) atoms. The van der Waals surface area contributed by atoms with Crippen LogP contribution in [0, 0.1) is 0 Å². The molecule has 0 aliphatic carbocycles. The van der Waals surface area contributed by atoms with Crippen LogP contribution >= 0.6 is 23.2 Å². The number of hydrogen-bond acceptors (Lipinski definition) is 6. The average molecular weight is 433 g/mol. The highest BCUT2D eigenvalue weighted by Gasteiger charge is 2.10. The zero-order chi connectivity index (χ0) is 20.8. The molecule has 0 saturated carbocycles. The maximum Gasteiger partial charge on any atom is 0.292 e. The number of nitrogens with zero attached hydrogens (tertiary/aromatic N) is 3. The maximum absolute atomic E-state index is 12.5. The summed E-state index contributed by atoms with van der Waals surface area (Å²) in [6.07, 6.45) is 2.98. The molecule has 0 aliphatic rings. The van der Waals surface area contributed by atoms with Crippen molar-refractivity contribution in [3.05, 3.63) is 74.6 Å². The van der Waals surface area contributed by atoms with Gasteiger partial charge in [0.15, 0.2) is 0 Å². The summed E-state index contributed by atoms with van der Waals surface area (Å²) in [7, 11) is 1.57. The van der Waals surface area contributed by atoms with Gasteiger partial charge < -0.3 is 9.47 Å². The van der Waals surface area contributed by atoms with Crippen LogP contribution in [0.15, 0.2) is 58.6 Å². The number of methoxy groups -OCH3 is 1. The van der Waals surface area contributed by atoms with E-state index in [9.17, 15) is 4.79 Å². The smallest absolute Gasteiger partial charge is 0.292 e. The predicted molar refractivity (Wildman–Crippen MR) is 115 cm³/mol. The van der Waals surface area contributed by atoms with Crippen molar-refractivity contribution in [2.75, 3.05) is 19.1 Å². The fraction of sp³-hybridized carbons (Fsp3) is 0.150. The molecule has 0 atom stereocenters. The first kappa shape index (κ1) is 20.7. The van der Waals surface area contributed by atoms with Crippen LogP contribution in [-0.4, -0.2) is 29.7 Å². The van der Waals surface area contributed by atoms with E-state index in [1.165, 1.54) is 10.9 Å². The zero-order valence-electron chi connectivity index (χ0n) is 15.7. The van der Waals surface area contributed by atoms with E-state index < -0.39 is 5.56 Å². The summed E-state index contributed by atoms with van der Waals surface area (Å²) in [5.74, 6) is 1.28. The van der Waals surface area contributed by atoms with Gasteiger partial charge in [0.1, 0.15) is 22.2 Å². The van der Waals surface area contributed by atoms with E-state index in [-0.39, 0.29) is 10.7 Å². The highest BCUT2D eigenvalue weighted by Crippen LogP contribution is 2.25. The first-order valence-electron chi connectivity index (χ1n) is 8.67. The molecule has 1 N–H and O–H groups in total. The van der Waals surface area contributed by atoms with Crippen LogP contribution < -0.4 is 20.5 Å². The largest absolute Gasteiger partial charge is 0.497 e. The molecular weight excluding hydrogens is 415 g/mol. The number of nitrogens with one attached hydrogen (secondary N) is 1. The van der Waals surface area contributed by atoms with E-state index in [0.29, 0.717) is 28.8 Å². The Kier molecular flexibility index (Phi) is 6.74. The minimum atomic E-state index is -0.471. The second-order valence-electron chi connectivity index (χ2n) is 5.78. The van der Waals surface area contributed by atoms with Crippen molar-refractivity contribution in [2.24, 2.45) is 5.10 Å². The van der Waals surface area contributed by atoms with Gasteiger partial charge in [-0.25, -0.2) is 0 Å². The van der Waals surface area contributed by atoms with Gasteiger partial charge in [-0.2, -0.15) is 14.9 Å². The molecule has 150 valence electrons. The number of hydrazone groups is 1. The summed E-state index contributed by atoms with van der Waals surface area (Å²) in [6, 6.07) is 12.2. The monoisotopic (exact) mass is 432 g/mol. The van der Waals surface area contributed by atoms with Gasteiger partial charge in [-0.3, -0.25) is 10.2 Å². The predicted octanol–water partition coefficient (Wildman–Crippen LogP) is 4.39. The van der Waals surface area contributed by atoms with Crippen molar-refractivity contribution in [3.63, 3.8) is 0 Å². The van der Waals surface area contributed by atoms with Crippen molar-refractivity contribution in [1.82, 2.24) is 9.78 Å². The molecule has 0 fully saturated rings. The molecule has 1 aromatic heterocycles. The van der Waals surface area contributed by atoms with Gasteiger partial charge in [0, 0.05) is 0 Å². The number of benzene rings is 2. The highest BCUT2D eigenvalue weighted by molar-refractivity contribution is 6.33. The number of ether oxygens (including phenoxy) is 2. The minimum Gasteiger partial charge on any atom is -0.497 e. The van der Waals surface area contributed by atoms with Crippen LogP contribution in [0.4, 0.5) is 5.69 Å². The van der Waals surface area contributed by atoms with Gasteiger partial charge >= 0.3 is 0 Å². The lowest BCUT2D eigenvalue weighted by Crippen LogP contribution is -2.22. The summed E-state index contributed by atoms with van der Waals surface area (Å²) in [6.45, 7) is 2.41. The van der Waals surface area contributed by atoms with Crippen LogP contribution in [0.5, 0.6) is 11.5 Å². The average Bonchev–Trinajstić information content (AvgIpc) is 2.73. The van der Waals surface area contributed by atoms with E-state index in [2.05, 4.69) is 15.6 Å². The number of rotatable bonds is 7. The Morgan fingerprint density at radius 3 is 2.62 bits per heavy atom. The number of hydrogen-bond donors (Lipinski definition) is 1. The van der Waals surface area contributed by atoms with Crippen molar-refractivity contribution < 1.29 is 9.47 Å². The lowest BCUT2D eigenvalue weighted by Gasteiger charge is -2.08. The highest BCUT2D eigenvalue weighted by atomic mass is 35.5. The summed E-state index contributed by atoms with van der Waals surface area (Å²) in [4.78, 5) is 12.5. The third-order valence-corrected chi connectivity index (χ3v) is 4.55. The molecule has 0 spiro atoms. The molecule has 0 aliphatic heterocycles. The Hall–Kier alpha value is -3.03. The summed E-state index contributed by atoms with van der Waals surface area (Å²) in [5.41, 5.74) is 3.86. The summed E-state index contributed by atoms with van der Waals surface area (Å²) >= 11 is 12.4. The maximum atomic E-state index is 12.5. The Bertz CT molecular complexity index is 1080. The number of aromatic nitrogens is 2. The molecule has 0 bridgehead atoms. The molecule has 0 unspecified atom stereocenters. The third-order valence-electron chi connectivity index (χ3n) is 3.89. The fourth-order valence-corrected chi connectivity index (χ4v) is 2.88. The van der Waals surface area contributed by atoms with Crippen LogP contribution in [0.25, 0.3) is 5.69 Å². The fourth-order valence-electron chi connectivity index (χ4n) is 2.46. The molecule has 1 heterocycles. The van der Waals surface area contributed by atoms with Crippen LogP contribution in [-0.2, 0) is 0 Å². The summed E-state index contributed by atoms with van der Waals surface area (Å²) in [5, 5.41) is 8.69. The second kappa shape index (κ2) is 9.45. The van der Waals surface area contributed by atoms with E-state index in [1.54, 1.807) is 49.7 Å². The minimum absolute atomic E-state index is 0.0299. The first-order chi connectivity index (χ1) is 14.0. The van der Waals surface area contributed by atoms with Crippen molar-refractivity contribution >= 4 is 35.1 Å². The van der Waals surface area contributed by atoms with Gasteiger partial charge in [0.25, 0.3) is 5.56 Å². The molecule has 2 aromatic carbocycles. The quantitative estimate of drug-likeness (QED) is 0.442. The lowest BCUT2D eigenvalue weighted by molar-refractivity contribution is 0.340. The number of anilines is 1. The molecule has 9 heteroatoms. The molecule has 0 saturated heterocycles.